The number of ether oxygens (including phenoxy) is 2. The first-order valence-electron chi connectivity index (χ1n) is 9.63. The molecule has 2 heterocycles. The van der Waals surface area contributed by atoms with Gasteiger partial charge in [0.05, 0.1) is 19.7 Å². The van der Waals surface area contributed by atoms with E-state index in [0.29, 0.717) is 19.7 Å². The molecule has 0 atom stereocenters. The Bertz CT molecular complexity index is 993. The molecular weight excluding hydrogens is 430 g/mol. The topological polar surface area (TPSA) is 38.8 Å². The minimum atomic E-state index is -0.436. The van der Waals surface area contributed by atoms with Crippen molar-refractivity contribution < 1.29 is 14.3 Å². The summed E-state index contributed by atoms with van der Waals surface area (Å²) in [5, 5.41) is 0. The Morgan fingerprint density at radius 2 is 1.59 bits per heavy atom. The summed E-state index contributed by atoms with van der Waals surface area (Å²) < 4.78 is 13.1. The Balaban J connectivity index is 1.33. The fourth-order valence-corrected chi connectivity index (χ4v) is 4.55. The molecule has 5 rings (SSSR count). The van der Waals surface area contributed by atoms with E-state index in [0.717, 1.165) is 15.6 Å². The average molecular weight is 450 g/mol. The molecule has 2 aliphatic heterocycles. The lowest BCUT2D eigenvalue weighted by atomic mass is 9.86. The summed E-state index contributed by atoms with van der Waals surface area (Å²) in [5.74, 6) is 0. The van der Waals surface area contributed by atoms with Gasteiger partial charge in [0.25, 0.3) is 0 Å². The monoisotopic (exact) mass is 449 g/mol. The fourth-order valence-electron chi connectivity index (χ4n) is 4.14. The highest BCUT2D eigenvalue weighted by Gasteiger charge is 2.52. The van der Waals surface area contributed by atoms with E-state index in [1.54, 1.807) is 4.90 Å². The number of fused-ring (bicyclic) bond motifs is 2. The Labute approximate surface area is 178 Å². The molecule has 0 radical (unpaired) electrons. The van der Waals surface area contributed by atoms with Crippen molar-refractivity contribution in [1.82, 2.24) is 4.90 Å². The second kappa shape index (κ2) is 7.32. The highest BCUT2D eigenvalue weighted by atomic mass is 79.9. The van der Waals surface area contributed by atoms with Gasteiger partial charge in [-0.3, -0.25) is 0 Å². The Morgan fingerprint density at radius 1 is 0.966 bits per heavy atom. The van der Waals surface area contributed by atoms with Crippen LogP contribution in [-0.4, -0.2) is 24.1 Å². The fraction of sp³-hybridized carbons (Fsp3) is 0.208. The summed E-state index contributed by atoms with van der Waals surface area (Å²) in [7, 11) is 0. The number of carbonyl (C=O) groups excluding carboxylic acids is 1. The van der Waals surface area contributed by atoms with Gasteiger partial charge in [0.2, 0.25) is 0 Å². The molecule has 0 bridgehead atoms. The minimum Gasteiger partial charge on any atom is -0.436 e. The smallest absolute Gasteiger partial charge is 0.410 e. The van der Waals surface area contributed by atoms with Crippen molar-refractivity contribution >= 4 is 22.0 Å². The highest BCUT2D eigenvalue weighted by molar-refractivity contribution is 9.10. The van der Waals surface area contributed by atoms with Crippen molar-refractivity contribution in [2.45, 2.75) is 18.3 Å². The summed E-state index contributed by atoms with van der Waals surface area (Å²) in [4.78, 5) is 14.6. The van der Waals surface area contributed by atoms with Crippen LogP contribution < -0.4 is 0 Å². The van der Waals surface area contributed by atoms with Crippen LogP contribution in [0.3, 0.4) is 0 Å². The molecule has 3 aromatic carbocycles. The summed E-state index contributed by atoms with van der Waals surface area (Å²) in [6, 6.07) is 25.9. The van der Waals surface area contributed by atoms with Gasteiger partial charge in [0.1, 0.15) is 5.60 Å². The van der Waals surface area contributed by atoms with Gasteiger partial charge < -0.3 is 14.4 Å². The third-order valence-corrected chi connectivity index (χ3v) is 6.13. The largest absolute Gasteiger partial charge is 0.436 e. The minimum absolute atomic E-state index is 0.317. The number of carbonyl (C=O) groups is 1. The number of amides is 1. The number of benzene rings is 3. The molecule has 3 aromatic rings. The van der Waals surface area contributed by atoms with E-state index >= 15 is 0 Å². The maximum Gasteiger partial charge on any atom is 0.410 e. The number of nitrogens with zero attached hydrogens (tertiary/aromatic N) is 1. The number of halogens is 1. The lowest BCUT2D eigenvalue weighted by Gasteiger charge is -2.47. The van der Waals surface area contributed by atoms with Crippen molar-refractivity contribution in [3.8, 4) is 0 Å². The predicted octanol–water partition coefficient (Wildman–Crippen LogP) is 5.42. The molecule has 2 aliphatic rings. The van der Waals surface area contributed by atoms with Crippen LogP contribution >= 0.6 is 15.9 Å². The number of hydrogen-bond donors (Lipinski definition) is 0. The number of likely N-dealkylation sites (tertiary alicyclic amines) is 1. The summed E-state index contributed by atoms with van der Waals surface area (Å²) in [5.41, 5.74) is 3.86. The van der Waals surface area contributed by atoms with Crippen molar-refractivity contribution in [3.05, 3.63) is 106 Å². The van der Waals surface area contributed by atoms with Gasteiger partial charge in [-0.15, -0.1) is 0 Å². The summed E-state index contributed by atoms with van der Waals surface area (Å²) >= 11 is 3.51. The second-order valence-corrected chi connectivity index (χ2v) is 8.44. The lowest BCUT2D eigenvalue weighted by molar-refractivity contribution is -0.133. The molecule has 5 heteroatoms. The molecule has 4 nitrogen and oxygen atoms in total. The number of hydrogen-bond acceptors (Lipinski definition) is 3. The second-order valence-electron chi connectivity index (χ2n) is 7.53. The molecule has 0 saturated carbocycles. The van der Waals surface area contributed by atoms with E-state index in [1.807, 2.05) is 66.7 Å². The Kier molecular flexibility index (Phi) is 4.64. The normalized spacial score (nSPS) is 16.6. The van der Waals surface area contributed by atoms with Crippen LogP contribution in [0.1, 0.15) is 28.4 Å². The van der Waals surface area contributed by atoms with E-state index in [2.05, 4.69) is 28.1 Å². The third-order valence-electron chi connectivity index (χ3n) is 5.64. The molecule has 0 aliphatic carbocycles. The zero-order valence-corrected chi connectivity index (χ0v) is 17.3. The molecule has 29 heavy (non-hydrogen) atoms. The molecule has 1 saturated heterocycles. The zero-order chi connectivity index (χ0) is 19.8. The predicted molar refractivity (Wildman–Crippen MR) is 113 cm³/mol. The van der Waals surface area contributed by atoms with E-state index in [1.165, 1.54) is 11.1 Å². The standard InChI is InChI=1S/C24H20BrNO3/c25-20-11-12-21-19(13-20)14-28-24(21)15-26(16-24)23(27)29-22(17-7-3-1-4-8-17)18-9-5-2-6-10-18/h1-13,22H,14-16H2. The van der Waals surface area contributed by atoms with Crippen LogP contribution in [0.4, 0.5) is 4.79 Å². The van der Waals surface area contributed by atoms with Crippen molar-refractivity contribution in [2.24, 2.45) is 0 Å². The molecule has 0 unspecified atom stereocenters. The van der Waals surface area contributed by atoms with Crippen LogP contribution in [0.5, 0.6) is 0 Å². The van der Waals surface area contributed by atoms with E-state index in [-0.39, 0.29) is 6.09 Å². The van der Waals surface area contributed by atoms with E-state index < -0.39 is 11.7 Å². The third kappa shape index (κ3) is 3.34. The molecule has 1 fully saturated rings. The molecule has 1 spiro atoms. The first-order chi connectivity index (χ1) is 14.1. The lowest BCUT2D eigenvalue weighted by Crippen LogP contribution is -2.61. The van der Waals surface area contributed by atoms with Crippen LogP contribution in [-0.2, 0) is 21.7 Å². The summed E-state index contributed by atoms with van der Waals surface area (Å²) in [6.07, 6.45) is -0.753. The van der Waals surface area contributed by atoms with Gasteiger partial charge in [-0.2, -0.15) is 0 Å². The molecule has 0 N–H and O–H groups in total. The van der Waals surface area contributed by atoms with Crippen LogP contribution in [0.25, 0.3) is 0 Å². The van der Waals surface area contributed by atoms with Gasteiger partial charge >= 0.3 is 6.09 Å². The van der Waals surface area contributed by atoms with Crippen molar-refractivity contribution in [3.63, 3.8) is 0 Å². The molecular formula is C24H20BrNO3. The van der Waals surface area contributed by atoms with Gasteiger partial charge in [-0.25, -0.2) is 4.79 Å². The maximum atomic E-state index is 12.9. The maximum absolute atomic E-state index is 12.9. The van der Waals surface area contributed by atoms with Crippen molar-refractivity contribution in [2.75, 3.05) is 13.1 Å². The van der Waals surface area contributed by atoms with Gasteiger partial charge in [0.15, 0.2) is 6.10 Å². The van der Waals surface area contributed by atoms with Gasteiger partial charge in [0, 0.05) is 4.47 Å². The van der Waals surface area contributed by atoms with Crippen LogP contribution in [0.15, 0.2) is 83.3 Å². The molecule has 1 amide bonds. The first kappa shape index (κ1) is 18.4. The summed E-state index contributed by atoms with van der Waals surface area (Å²) in [6.45, 7) is 1.60. The van der Waals surface area contributed by atoms with Gasteiger partial charge in [-0.1, -0.05) is 82.7 Å². The average Bonchev–Trinajstić information content (AvgIpc) is 3.11. The molecule has 146 valence electrons. The van der Waals surface area contributed by atoms with Crippen molar-refractivity contribution in [1.29, 1.82) is 0 Å². The van der Waals surface area contributed by atoms with Crippen LogP contribution in [0, 0.1) is 0 Å². The molecule has 0 aromatic heterocycles. The van der Waals surface area contributed by atoms with Gasteiger partial charge in [-0.05, 0) is 34.4 Å². The number of rotatable bonds is 3. The zero-order valence-electron chi connectivity index (χ0n) is 15.8. The van der Waals surface area contributed by atoms with E-state index in [9.17, 15) is 4.79 Å². The van der Waals surface area contributed by atoms with E-state index in [4.69, 9.17) is 9.47 Å². The Hall–Kier alpha value is -2.63. The Morgan fingerprint density at radius 3 is 2.21 bits per heavy atom. The quantitative estimate of drug-likeness (QED) is 0.535. The highest BCUT2D eigenvalue weighted by Crippen LogP contribution is 2.44. The SMILES string of the molecule is O=C(OC(c1ccccc1)c1ccccc1)N1CC2(C1)OCc1cc(Br)ccc12. The van der Waals surface area contributed by atoms with Crippen LogP contribution in [0.2, 0.25) is 0 Å². The first-order valence-corrected chi connectivity index (χ1v) is 10.4.